The van der Waals surface area contributed by atoms with E-state index in [1.165, 1.54) is 0 Å². The molecular formula is C9HF18KO3S. The van der Waals surface area contributed by atoms with Gasteiger partial charge in [0.15, 0.2) is 10.1 Å². The fourth-order valence-corrected chi connectivity index (χ4v) is 1.95. The minimum Gasteiger partial charge on any atom is -0.743 e. The van der Waals surface area contributed by atoms with Crippen molar-refractivity contribution in [3.8, 4) is 0 Å². The minimum absolute atomic E-state index is 0. The molecule has 0 bridgehead atoms. The summed E-state index contributed by atoms with van der Waals surface area (Å²) in [5.41, 5.74) is 0. The van der Waals surface area contributed by atoms with Gasteiger partial charge in [-0.15, -0.1) is 0 Å². The molecule has 0 aromatic rings. The van der Waals surface area contributed by atoms with Gasteiger partial charge in [0, 0.05) is 0 Å². The normalized spacial score (nSPS) is 17.1. The van der Waals surface area contributed by atoms with E-state index in [4.69, 9.17) is 0 Å². The van der Waals surface area contributed by atoms with Crippen LogP contribution in [0.15, 0.2) is 0 Å². The molecule has 0 heterocycles. The van der Waals surface area contributed by atoms with Gasteiger partial charge < -0.3 is 4.55 Å². The first kappa shape index (κ1) is 34.5. The maximum absolute atomic E-state index is 13.2. The fraction of sp³-hybridized carbons (Fsp3) is 1.00. The van der Waals surface area contributed by atoms with Crippen molar-refractivity contribution in [2.75, 3.05) is 0 Å². The fourth-order valence-electron chi connectivity index (χ4n) is 1.51. The molecule has 0 aromatic heterocycles. The Morgan fingerprint density at radius 3 is 1.03 bits per heavy atom. The van der Waals surface area contributed by atoms with Gasteiger partial charge >= 0.3 is 98.4 Å². The molecule has 0 saturated heterocycles. The van der Waals surface area contributed by atoms with E-state index in [-0.39, 0.29) is 51.4 Å². The number of hydrogen-bond acceptors (Lipinski definition) is 3. The van der Waals surface area contributed by atoms with E-state index >= 15 is 0 Å². The average molecular weight is 570 g/mol. The van der Waals surface area contributed by atoms with Gasteiger partial charge in [0.25, 0.3) is 6.17 Å². The molecule has 0 aliphatic heterocycles. The van der Waals surface area contributed by atoms with Crippen molar-refractivity contribution in [1.82, 2.24) is 0 Å². The molecule has 0 aliphatic carbocycles. The average Bonchev–Trinajstić information content (AvgIpc) is 2.50. The number of hydrogen-bond donors (Lipinski definition) is 0. The molecule has 188 valence electrons. The van der Waals surface area contributed by atoms with Crippen LogP contribution >= 0.6 is 0 Å². The van der Waals surface area contributed by atoms with Gasteiger partial charge in [-0.2, -0.15) is 74.6 Å². The molecule has 0 amide bonds. The molecule has 23 heteroatoms. The Bertz CT molecular complexity index is 786. The molecular weight excluding hydrogens is 569 g/mol. The third-order valence-corrected chi connectivity index (χ3v) is 4.17. The van der Waals surface area contributed by atoms with E-state index in [9.17, 15) is 92.0 Å². The summed E-state index contributed by atoms with van der Waals surface area (Å²) in [5.74, 6) is -52.1. The van der Waals surface area contributed by atoms with Crippen LogP contribution in [0.2, 0.25) is 0 Å². The Morgan fingerprint density at radius 1 is 0.531 bits per heavy atom. The standard InChI is InChI=1S/C9H2F18O3S.K/c10-1(3(13,14)15)2(11,12)4(16,17)5(18,19)6(20,21)7(22,23)8(24,25)9(26,27)31(28,29)30;/h1H,(H,28,29,30);/q;+1/p-1. The Labute approximate surface area is 205 Å². The molecule has 0 fully saturated rings. The first-order valence-electron chi connectivity index (χ1n) is 6.21. The second-order valence-electron chi connectivity index (χ2n) is 5.37. The SMILES string of the molecule is O=S(=O)([O-])C(F)(F)C(F)(F)C(F)(F)C(F)(F)C(F)(F)C(F)(F)C(F)(F)C(F)C(F)(F)F.[K+]. The molecule has 0 rings (SSSR count). The monoisotopic (exact) mass is 570 g/mol. The number of halogens is 18. The zero-order valence-corrected chi connectivity index (χ0v) is 18.0. The molecule has 0 radical (unpaired) electrons. The van der Waals surface area contributed by atoms with Gasteiger partial charge in [-0.05, 0) is 0 Å². The van der Waals surface area contributed by atoms with Gasteiger partial charge in [0.05, 0.1) is 0 Å². The zero-order chi connectivity index (χ0) is 26.1. The Hall–Kier alpha value is 0.286. The first-order chi connectivity index (χ1) is 12.9. The Kier molecular flexibility index (Phi) is 9.42. The molecule has 3 nitrogen and oxygen atoms in total. The summed E-state index contributed by atoms with van der Waals surface area (Å²) in [7, 11) is -8.18. The van der Waals surface area contributed by atoms with Crippen molar-refractivity contribution in [3.63, 3.8) is 0 Å². The largest absolute Gasteiger partial charge is 1.00 e. The predicted molar refractivity (Wildman–Crippen MR) is 55.3 cm³/mol. The summed E-state index contributed by atoms with van der Waals surface area (Å²) < 4.78 is 259. The topological polar surface area (TPSA) is 57.2 Å². The van der Waals surface area contributed by atoms with Gasteiger partial charge in [-0.25, -0.2) is 12.8 Å². The van der Waals surface area contributed by atoms with Crippen LogP contribution < -0.4 is 51.4 Å². The summed E-state index contributed by atoms with van der Waals surface area (Å²) in [5, 5.41) is -7.99. The maximum atomic E-state index is 13.2. The molecule has 0 aromatic carbocycles. The van der Waals surface area contributed by atoms with E-state index in [1.54, 1.807) is 0 Å². The second-order valence-corrected chi connectivity index (χ2v) is 6.79. The van der Waals surface area contributed by atoms with E-state index in [0.29, 0.717) is 0 Å². The number of alkyl halides is 18. The van der Waals surface area contributed by atoms with E-state index in [0.717, 1.165) is 0 Å². The van der Waals surface area contributed by atoms with Crippen molar-refractivity contribution in [2.24, 2.45) is 0 Å². The van der Waals surface area contributed by atoms with Gasteiger partial charge in [-0.1, -0.05) is 0 Å². The maximum Gasteiger partial charge on any atom is 1.00 e. The van der Waals surface area contributed by atoms with E-state index < -0.39 is 63.3 Å². The third-order valence-electron chi connectivity index (χ3n) is 3.28. The summed E-state index contributed by atoms with van der Waals surface area (Å²) in [6.45, 7) is 0. The van der Waals surface area contributed by atoms with Crippen molar-refractivity contribution in [1.29, 1.82) is 0 Å². The molecule has 0 N–H and O–H groups in total. The van der Waals surface area contributed by atoms with Crippen LogP contribution in [-0.2, 0) is 10.1 Å². The molecule has 0 saturated carbocycles. The van der Waals surface area contributed by atoms with Crippen molar-refractivity contribution >= 4 is 10.1 Å². The minimum atomic E-state index is -8.96. The quantitative estimate of drug-likeness (QED) is 0.255. The van der Waals surface area contributed by atoms with E-state index in [1.807, 2.05) is 0 Å². The zero-order valence-electron chi connectivity index (χ0n) is 14.0. The number of rotatable bonds is 8. The van der Waals surface area contributed by atoms with Crippen molar-refractivity contribution < 1.29 is 143 Å². The summed E-state index contributed by atoms with van der Waals surface area (Å²) >= 11 is 0. The molecule has 1 atom stereocenters. The van der Waals surface area contributed by atoms with Gasteiger partial charge in [-0.3, -0.25) is 0 Å². The predicted octanol–water partition coefficient (Wildman–Crippen LogP) is 1.84. The van der Waals surface area contributed by atoms with Crippen LogP contribution in [0.4, 0.5) is 79.0 Å². The summed E-state index contributed by atoms with van der Waals surface area (Å²) in [6.07, 6.45) is -13.8. The second kappa shape index (κ2) is 8.74. The molecule has 0 aliphatic rings. The Balaban J connectivity index is 0. The first-order valence-corrected chi connectivity index (χ1v) is 7.62. The molecule has 1 unspecified atom stereocenters. The molecule has 32 heavy (non-hydrogen) atoms. The summed E-state index contributed by atoms with van der Waals surface area (Å²) in [6, 6.07) is 0. The molecule has 0 spiro atoms. The summed E-state index contributed by atoms with van der Waals surface area (Å²) in [4.78, 5) is 0. The van der Waals surface area contributed by atoms with Gasteiger partial charge in [0.2, 0.25) is 0 Å². The van der Waals surface area contributed by atoms with Crippen LogP contribution in [0.25, 0.3) is 0 Å². The van der Waals surface area contributed by atoms with E-state index in [2.05, 4.69) is 0 Å². The van der Waals surface area contributed by atoms with Crippen LogP contribution in [0.5, 0.6) is 0 Å². The smallest absolute Gasteiger partial charge is 0.743 e. The van der Waals surface area contributed by atoms with Gasteiger partial charge in [0.1, 0.15) is 0 Å². The van der Waals surface area contributed by atoms with Crippen molar-refractivity contribution in [2.45, 2.75) is 53.1 Å². The van der Waals surface area contributed by atoms with Crippen LogP contribution in [0.1, 0.15) is 0 Å². The van der Waals surface area contributed by atoms with Crippen LogP contribution in [0.3, 0.4) is 0 Å². The van der Waals surface area contributed by atoms with Crippen molar-refractivity contribution in [3.05, 3.63) is 0 Å². The van der Waals surface area contributed by atoms with Crippen LogP contribution in [-0.4, -0.2) is 66.1 Å². The van der Waals surface area contributed by atoms with Crippen LogP contribution in [0, 0.1) is 0 Å². The Morgan fingerprint density at radius 2 is 0.781 bits per heavy atom. The third kappa shape index (κ3) is 4.58.